The molecule has 2 rings (SSSR count). The van der Waals surface area contributed by atoms with Gasteiger partial charge in [0.25, 0.3) is 5.91 Å². The lowest BCUT2D eigenvalue weighted by atomic mass is 10.2. The molecule has 5 nitrogen and oxygen atoms in total. The quantitative estimate of drug-likeness (QED) is 0.897. The van der Waals surface area contributed by atoms with Crippen LogP contribution in [0.25, 0.3) is 0 Å². The maximum atomic E-state index is 11.9. The molecular weight excluding hydrogens is 352 g/mol. The molecule has 0 aliphatic carbocycles. The van der Waals surface area contributed by atoms with Crippen molar-refractivity contribution < 1.29 is 4.79 Å². The van der Waals surface area contributed by atoms with E-state index in [4.69, 9.17) is 0 Å². The van der Waals surface area contributed by atoms with E-state index in [1.807, 2.05) is 6.07 Å². The highest BCUT2D eigenvalue weighted by atomic mass is 79.9. The molecule has 0 radical (unpaired) electrons. The first-order valence-electron chi connectivity index (χ1n) is 4.57. The number of rotatable bonds is 2. The lowest BCUT2D eigenvalue weighted by Gasteiger charge is -2.05. The maximum absolute atomic E-state index is 11.9. The summed E-state index contributed by atoms with van der Waals surface area (Å²) >= 11 is 6.61. The minimum absolute atomic E-state index is 0.171. The molecule has 0 fully saturated rings. The van der Waals surface area contributed by atoms with Crippen molar-refractivity contribution in [1.29, 1.82) is 0 Å². The number of anilines is 1. The van der Waals surface area contributed by atoms with E-state index in [0.717, 1.165) is 4.47 Å². The third kappa shape index (κ3) is 3.07. The van der Waals surface area contributed by atoms with Crippen molar-refractivity contribution in [2.75, 3.05) is 5.32 Å². The number of amides is 1. The molecule has 0 saturated carbocycles. The van der Waals surface area contributed by atoms with E-state index in [0.29, 0.717) is 10.0 Å². The fraction of sp³-hybridized carbons (Fsp3) is 0. The van der Waals surface area contributed by atoms with Crippen LogP contribution in [0.4, 0.5) is 5.95 Å². The van der Waals surface area contributed by atoms with Crippen LogP contribution in [0.1, 0.15) is 10.4 Å². The van der Waals surface area contributed by atoms with Crippen molar-refractivity contribution in [3.8, 4) is 0 Å². The third-order valence-corrected chi connectivity index (χ3v) is 3.07. The van der Waals surface area contributed by atoms with Crippen molar-refractivity contribution in [3.05, 3.63) is 45.1 Å². The van der Waals surface area contributed by atoms with Crippen molar-refractivity contribution >= 4 is 43.7 Å². The summed E-state index contributed by atoms with van der Waals surface area (Å²) in [4.78, 5) is 15.8. The summed E-state index contributed by atoms with van der Waals surface area (Å²) in [5.74, 6) is -0.129. The second-order valence-corrected chi connectivity index (χ2v) is 4.81. The Hall–Kier alpha value is -1.34. The Kier molecular flexibility index (Phi) is 3.80. The molecule has 0 atom stereocenters. The standard InChI is InChI=1S/C10H6Br2N4O/c11-6-1-2-8(12)7(5-6)9(17)15-10-13-3-4-14-16-10/h1-5H,(H,13,15,16,17). The predicted octanol–water partition coefficient (Wildman–Crippen LogP) is 2.65. The van der Waals surface area contributed by atoms with Gasteiger partial charge in [0.1, 0.15) is 0 Å². The summed E-state index contributed by atoms with van der Waals surface area (Å²) in [6.07, 6.45) is 2.89. The minimum atomic E-state index is -0.300. The molecule has 1 aromatic heterocycles. The molecule has 1 amide bonds. The van der Waals surface area contributed by atoms with E-state index >= 15 is 0 Å². The molecule has 86 valence electrons. The Bertz CT molecular complexity index is 547. The Morgan fingerprint density at radius 2 is 2.06 bits per heavy atom. The molecule has 0 saturated heterocycles. The molecule has 0 unspecified atom stereocenters. The van der Waals surface area contributed by atoms with Crippen LogP contribution in [0.2, 0.25) is 0 Å². The fourth-order valence-electron chi connectivity index (χ4n) is 1.15. The largest absolute Gasteiger partial charge is 0.289 e. The Morgan fingerprint density at radius 1 is 1.24 bits per heavy atom. The van der Waals surface area contributed by atoms with Crippen LogP contribution in [0.3, 0.4) is 0 Å². The molecule has 2 aromatic rings. The van der Waals surface area contributed by atoms with E-state index in [1.165, 1.54) is 12.4 Å². The van der Waals surface area contributed by atoms with Crippen molar-refractivity contribution in [2.24, 2.45) is 0 Å². The van der Waals surface area contributed by atoms with Crippen LogP contribution < -0.4 is 5.32 Å². The molecule has 7 heteroatoms. The lowest BCUT2D eigenvalue weighted by molar-refractivity contribution is 0.102. The van der Waals surface area contributed by atoms with Gasteiger partial charge in [0.05, 0.1) is 18.0 Å². The van der Waals surface area contributed by atoms with Gasteiger partial charge >= 0.3 is 0 Å². The van der Waals surface area contributed by atoms with Crippen molar-refractivity contribution in [3.63, 3.8) is 0 Å². The molecule has 0 bridgehead atoms. The van der Waals surface area contributed by atoms with Gasteiger partial charge in [-0.05, 0) is 34.1 Å². The molecule has 0 spiro atoms. The normalized spacial score (nSPS) is 10.0. The smallest absolute Gasteiger partial charge is 0.259 e. The first-order valence-corrected chi connectivity index (χ1v) is 6.15. The zero-order chi connectivity index (χ0) is 12.3. The van der Waals surface area contributed by atoms with E-state index < -0.39 is 0 Å². The zero-order valence-electron chi connectivity index (χ0n) is 8.39. The number of halogens is 2. The maximum Gasteiger partial charge on any atom is 0.259 e. The number of nitrogens with zero attached hydrogens (tertiary/aromatic N) is 3. The highest BCUT2D eigenvalue weighted by Crippen LogP contribution is 2.22. The zero-order valence-corrected chi connectivity index (χ0v) is 11.6. The topological polar surface area (TPSA) is 67.8 Å². The summed E-state index contributed by atoms with van der Waals surface area (Å²) in [5.41, 5.74) is 0.492. The molecule has 0 aliphatic rings. The second kappa shape index (κ2) is 5.33. The average Bonchev–Trinajstić information content (AvgIpc) is 2.33. The Balaban J connectivity index is 2.23. The highest BCUT2D eigenvalue weighted by molar-refractivity contribution is 9.11. The first kappa shape index (κ1) is 12.1. The lowest BCUT2D eigenvalue weighted by Crippen LogP contribution is -2.15. The third-order valence-electron chi connectivity index (χ3n) is 1.88. The summed E-state index contributed by atoms with van der Waals surface area (Å²) < 4.78 is 1.51. The number of hydrogen-bond acceptors (Lipinski definition) is 4. The van der Waals surface area contributed by atoms with Crippen LogP contribution in [0.15, 0.2) is 39.5 Å². The summed E-state index contributed by atoms with van der Waals surface area (Å²) in [5, 5.41) is 9.85. The van der Waals surface area contributed by atoms with Crippen LogP contribution in [-0.4, -0.2) is 21.1 Å². The number of carbonyl (C=O) groups is 1. The number of hydrogen-bond donors (Lipinski definition) is 1. The van der Waals surface area contributed by atoms with Gasteiger partial charge in [-0.15, -0.1) is 5.10 Å². The van der Waals surface area contributed by atoms with Crippen molar-refractivity contribution in [1.82, 2.24) is 15.2 Å². The molecule has 17 heavy (non-hydrogen) atoms. The number of nitrogens with one attached hydrogen (secondary N) is 1. The minimum Gasteiger partial charge on any atom is -0.289 e. The molecule has 1 N–H and O–H groups in total. The van der Waals surface area contributed by atoms with Gasteiger partial charge in [0.15, 0.2) is 0 Å². The molecule has 1 heterocycles. The Morgan fingerprint density at radius 3 is 2.76 bits per heavy atom. The van der Waals surface area contributed by atoms with Crippen LogP contribution in [0, 0.1) is 0 Å². The van der Waals surface area contributed by atoms with E-state index in [1.54, 1.807) is 12.1 Å². The van der Waals surface area contributed by atoms with Crippen LogP contribution in [-0.2, 0) is 0 Å². The SMILES string of the molecule is O=C(Nc1nccnn1)c1cc(Br)ccc1Br. The van der Waals surface area contributed by atoms with Crippen LogP contribution >= 0.6 is 31.9 Å². The average molecular weight is 358 g/mol. The van der Waals surface area contributed by atoms with Gasteiger partial charge in [0, 0.05) is 8.95 Å². The van der Waals surface area contributed by atoms with Gasteiger partial charge in [-0.3, -0.25) is 10.1 Å². The number of aromatic nitrogens is 3. The monoisotopic (exact) mass is 356 g/mol. The van der Waals surface area contributed by atoms with Crippen molar-refractivity contribution in [2.45, 2.75) is 0 Å². The second-order valence-electron chi connectivity index (χ2n) is 3.04. The number of benzene rings is 1. The van der Waals surface area contributed by atoms with Gasteiger partial charge in [-0.25, -0.2) is 4.98 Å². The highest BCUT2D eigenvalue weighted by Gasteiger charge is 2.11. The molecule has 0 aliphatic heterocycles. The van der Waals surface area contributed by atoms with Gasteiger partial charge in [-0.2, -0.15) is 5.10 Å². The summed E-state index contributed by atoms with van der Waals surface area (Å²) in [6, 6.07) is 5.32. The summed E-state index contributed by atoms with van der Waals surface area (Å²) in [6.45, 7) is 0. The first-order chi connectivity index (χ1) is 8.16. The van der Waals surface area contributed by atoms with Gasteiger partial charge < -0.3 is 0 Å². The van der Waals surface area contributed by atoms with Crippen LogP contribution in [0.5, 0.6) is 0 Å². The fourth-order valence-corrected chi connectivity index (χ4v) is 1.93. The Labute approximate surface area is 114 Å². The van der Waals surface area contributed by atoms with E-state index in [9.17, 15) is 4.79 Å². The van der Waals surface area contributed by atoms with E-state index in [2.05, 4.69) is 52.4 Å². The summed E-state index contributed by atoms with van der Waals surface area (Å²) in [7, 11) is 0. The predicted molar refractivity (Wildman–Crippen MR) is 69.6 cm³/mol. The molecular formula is C10H6Br2N4O. The van der Waals surface area contributed by atoms with Gasteiger partial charge in [-0.1, -0.05) is 15.9 Å². The van der Waals surface area contributed by atoms with Gasteiger partial charge in [0.2, 0.25) is 5.95 Å². The number of carbonyl (C=O) groups excluding carboxylic acids is 1. The molecule has 1 aromatic carbocycles. The van der Waals surface area contributed by atoms with E-state index in [-0.39, 0.29) is 11.9 Å².